The summed E-state index contributed by atoms with van der Waals surface area (Å²) in [6.45, 7) is 8.02. The Morgan fingerprint density at radius 2 is 2.09 bits per heavy atom. The third-order valence-corrected chi connectivity index (χ3v) is 1.62. The normalized spacial score (nSPS) is 10.2. The van der Waals surface area contributed by atoms with Gasteiger partial charge < -0.3 is 4.90 Å². The fraction of sp³-hybridized carbons (Fsp3) is 0.875. The maximum atomic E-state index is 11.2. The van der Waals surface area contributed by atoms with E-state index < -0.39 is 0 Å². The molecule has 0 spiro atoms. The Morgan fingerprint density at radius 3 is 2.36 bits per heavy atom. The van der Waals surface area contributed by atoms with E-state index in [4.69, 9.17) is 0 Å². The Hall–Kier alpha value is -0.465. The molecule has 11 heavy (non-hydrogen) atoms. The highest BCUT2D eigenvalue weighted by atomic mass is 16.2. The molecule has 0 aromatic carbocycles. The predicted octanol–water partition coefficient (Wildman–Crippen LogP) is 0.542. The summed E-state index contributed by atoms with van der Waals surface area (Å²) in [6, 6.07) is 0. The molecule has 0 bridgehead atoms. The van der Waals surface area contributed by atoms with Gasteiger partial charge in [-0.25, -0.2) is 0 Å². The minimum atomic E-state index is 0.265. The Labute approximate surface area is 70.4 Å². The molecule has 0 N–H and O–H groups in total. The molecular formula is C8H18BNO. The molecule has 64 valence electrons. The summed E-state index contributed by atoms with van der Waals surface area (Å²) in [5.41, 5.74) is 0. The van der Waals surface area contributed by atoms with Gasteiger partial charge in [0.05, 0.1) is 0 Å². The van der Waals surface area contributed by atoms with Crippen molar-refractivity contribution in [3.8, 4) is 0 Å². The maximum absolute atomic E-state index is 11.2. The van der Waals surface area contributed by atoms with Gasteiger partial charge in [0.1, 0.15) is 7.85 Å². The summed E-state index contributed by atoms with van der Waals surface area (Å²) in [5.74, 6) is 0.839. The molecular weight excluding hydrogens is 137 g/mol. The molecule has 0 fully saturated rings. The highest BCUT2D eigenvalue weighted by molar-refractivity contribution is 6.19. The zero-order valence-electron chi connectivity index (χ0n) is 8.05. The SMILES string of the molecule is BCC(=O)N(CC)CC(C)C. The molecule has 0 atom stereocenters. The second kappa shape index (κ2) is 5.22. The molecule has 0 saturated carbocycles. The van der Waals surface area contributed by atoms with Crippen LogP contribution in [-0.2, 0) is 4.79 Å². The summed E-state index contributed by atoms with van der Waals surface area (Å²) >= 11 is 0. The van der Waals surface area contributed by atoms with E-state index in [9.17, 15) is 4.79 Å². The first kappa shape index (κ1) is 10.5. The van der Waals surface area contributed by atoms with Gasteiger partial charge in [-0.2, -0.15) is 0 Å². The van der Waals surface area contributed by atoms with Crippen molar-refractivity contribution in [2.24, 2.45) is 5.92 Å². The van der Waals surface area contributed by atoms with E-state index in [1.807, 2.05) is 19.7 Å². The molecule has 0 aliphatic rings. The molecule has 0 aromatic heterocycles. The molecule has 0 unspecified atom stereocenters. The monoisotopic (exact) mass is 155 g/mol. The number of hydrogen-bond acceptors (Lipinski definition) is 1. The van der Waals surface area contributed by atoms with E-state index in [0.717, 1.165) is 13.1 Å². The van der Waals surface area contributed by atoms with Crippen LogP contribution in [0, 0.1) is 5.92 Å². The minimum absolute atomic E-state index is 0.265. The van der Waals surface area contributed by atoms with E-state index in [1.165, 1.54) is 0 Å². The lowest BCUT2D eigenvalue weighted by molar-refractivity contribution is -0.129. The van der Waals surface area contributed by atoms with E-state index in [2.05, 4.69) is 13.8 Å². The number of hydrogen-bond donors (Lipinski definition) is 0. The van der Waals surface area contributed by atoms with Crippen LogP contribution in [0.3, 0.4) is 0 Å². The number of amides is 1. The average molecular weight is 155 g/mol. The van der Waals surface area contributed by atoms with Gasteiger partial charge in [0.2, 0.25) is 5.91 Å². The molecule has 3 heteroatoms. The summed E-state index contributed by atoms with van der Waals surface area (Å²) in [7, 11) is 1.91. The summed E-state index contributed by atoms with van der Waals surface area (Å²) < 4.78 is 0. The van der Waals surface area contributed by atoms with Crippen molar-refractivity contribution in [1.29, 1.82) is 0 Å². The largest absolute Gasteiger partial charge is 0.343 e. The molecule has 0 saturated heterocycles. The van der Waals surface area contributed by atoms with Gasteiger partial charge in [0, 0.05) is 13.1 Å². The highest BCUT2D eigenvalue weighted by Gasteiger charge is 2.09. The van der Waals surface area contributed by atoms with Gasteiger partial charge in [-0.1, -0.05) is 13.8 Å². The molecule has 0 radical (unpaired) electrons. The van der Waals surface area contributed by atoms with Gasteiger partial charge in [-0.15, -0.1) is 0 Å². The summed E-state index contributed by atoms with van der Waals surface area (Å²) in [4.78, 5) is 13.1. The third-order valence-electron chi connectivity index (χ3n) is 1.62. The zero-order valence-corrected chi connectivity index (χ0v) is 8.05. The maximum Gasteiger partial charge on any atom is 0.214 e. The standard InChI is InChI=1S/C8H18BNO/c1-4-10(6-7(2)3)8(11)5-9/h7H,4-6,9H2,1-3H3. The van der Waals surface area contributed by atoms with Crippen LogP contribution >= 0.6 is 0 Å². The van der Waals surface area contributed by atoms with Crippen molar-refractivity contribution in [2.45, 2.75) is 27.1 Å². The Bertz CT molecular complexity index is 125. The van der Waals surface area contributed by atoms with Crippen LogP contribution in [0.1, 0.15) is 20.8 Å². The van der Waals surface area contributed by atoms with Gasteiger partial charge >= 0.3 is 0 Å². The Balaban J connectivity index is 3.84. The van der Waals surface area contributed by atoms with Crippen LogP contribution < -0.4 is 0 Å². The molecule has 0 aliphatic heterocycles. The highest BCUT2D eigenvalue weighted by Crippen LogP contribution is 1.99. The topological polar surface area (TPSA) is 20.3 Å². The van der Waals surface area contributed by atoms with Gasteiger partial charge in [-0.3, -0.25) is 4.79 Å². The third kappa shape index (κ3) is 4.07. The molecule has 2 nitrogen and oxygen atoms in total. The van der Waals surface area contributed by atoms with Crippen molar-refractivity contribution in [2.75, 3.05) is 13.1 Å². The lowest BCUT2D eigenvalue weighted by Gasteiger charge is -2.22. The van der Waals surface area contributed by atoms with Crippen molar-refractivity contribution in [1.82, 2.24) is 4.90 Å². The second-order valence-electron chi connectivity index (χ2n) is 3.18. The van der Waals surface area contributed by atoms with Crippen molar-refractivity contribution in [3.05, 3.63) is 0 Å². The minimum Gasteiger partial charge on any atom is -0.343 e. The quantitative estimate of drug-likeness (QED) is 0.542. The smallest absolute Gasteiger partial charge is 0.214 e. The summed E-state index contributed by atoms with van der Waals surface area (Å²) in [6.07, 6.45) is 0.626. The van der Waals surface area contributed by atoms with Gasteiger partial charge in [0.25, 0.3) is 0 Å². The second-order valence-corrected chi connectivity index (χ2v) is 3.18. The van der Waals surface area contributed by atoms with E-state index in [-0.39, 0.29) is 5.91 Å². The number of nitrogens with zero attached hydrogens (tertiary/aromatic N) is 1. The molecule has 0 heterocycles. The van der Waals surface area contributed by atoms with Crippen LogP contribution in [0.2, 0.25) is 6.32 Å². The van der Waals surface area contributed by atoms with E-state index >= 15 is 0 Å². The first-order chi connectivity index (χ1) is 5.11. The zero-order chi connectivity index (χ0) is 8.85. The van der Waals surface area contributed by atoms with Crippen LogP contribution in [0.5, 0.6) is 0 Å². The lowest BCUT2D eigenvalue weighted by Crippen LogP contribution is -2.33. The lowest BCUT2D eigenvalue weighted by atomic mass is 10.0. The van der Waals surface area contributed by atoms with E-state index in [1.54, 1.807) is 0 Å². The number of carbonyl (C=O) groups excluding carboxylic acids is 1. The fourth-order valence-corrected chi connectivity index (χ4v) is 1.07. The number of carbonyl (C=O) groups is 1. The molecule has 1 amide bonds. The fourth-order valence-electron chi connectivity index (χ4n) is 1.07. The predicted molar refractivity (Wildman–Crippen MR) is 50.4 cm³/mol. The molecule has 0 aliphatic carbocycles. The van der Waals surface area contributed by atoms with Crippen LogP contribution in [0.15, 0.2) is 0 Å². The summed E-state index contributed by atoms with van der Waals surface area (Å²) in [5, 5.41) is 0. The van der Waals surface area contributed by atoms with Crippen LogP contribution in [-0.4, -0.2) is 31.7 Å². The van der Waals surface area contributed by atoms with Gasteiger partial charge in [-0.05, 0) is 19.2 Å². The average Bonchev–Trinajstić information content (AvgIpc) is 1.98. The van der Waals surface area contributed by atoms with Crippen LogP contribution in [0.25, 0.3) is 0 Å². The van der Waals surface area contributed by atoms with Gasteiger partial charge in [0.15, 0.2) is 0 Å². The van der Waals surface area contributed by atoms with Crippen molar-refractivity contribution >= 4 is 13.8 Å². The first-order valence-corrected chi connectivity index (χ1v) is 4.39. The molecule has 0 rings (SSSR count). The van der Waals surface area contributed by atoms with Crippen molar-refractivity contribution < 1.29 is 4.79 Å². The van der Waals surface area contributed by atoms with Crippen molar-refractivity contribution in [3.63, 3.8) is 0 Å². The first-order valence-electron chi connectivity index (χ1n) is 4.39. The Morgan fingerprint density at radius 1 is 1.55 bits per heavy atom. The van der Waals surface area contributed by atoms with E-state index in [0.29, 0.717) is 12.2 Å². The van der Waals surface area contributed by atoms with Crippen LogP contribution in [0.4, 0.5) is 0 Å². The molecule has 0 aromatic rings. The Kier molecular flexibility index (Phi) is 5.00. The number of rotatable bonds is 4.